The van der Waals surface area contributed by atoms with Crippen LogP contribution in [-0.2, 0) is 9.68 Å². The van der Waals surface area contributed by atoms with Crippen LogP contribution in [0.2, 0.25) is 0 Å². The number of carbonyl (C=O) groups is 1. The number of aromatic nitrogens is 2. The SMILES string of the molecule is CC(Oc1ccccc1)C(=O)OOc1cnc2ccccc2n1. The van der Waals surface area contributed by atoms with Crippen molar-refractivity contribution in [2.45, 2.75) is 13.0 Å². The van der Waals surface area contributed by atoms with E-state index in [1.54, 1.807) is 25.1 Å². The van der Waals surface area contributed by atoms with E-state index in [1.807, 2.05) is 36.4 Å². The average Bonchev–Trinajstić information content (AvgIpc) is 2.60. The summed E-state index contributed by atoms with van der Waals surface area (Å²) in [4.78, 5) is 29.9. The largest absolute Gasteiger partial charge is 0.479 e. The van der Waals surface area contributed by atoms with Crippen molar-refractivity contribution in [3.63, 3.8) is 0 Å². The number of benzene rings is 2. The molecule has 1 aromatic heterocycles. The Bertz CT molecular complexity index is 808. The van der Waals surface area contributed by atoms with Crippen LogP contribution >= 0.6 is 0 Å². The average molecular weight is 310 g/mol. The van der Waals surface area contributed by atoms with Gasteiger partial charge in [-0.15, -0.1) is 0 Å². The Hall–Kier alpha value is -3.15. The van der Waals surface area contributed by atoms with E-state index < -0.39 is 12.1 Å². The predicted molar refractivity (Wildman–Crippen MR) is 82.8 cm³/mol. The number of rotatable bonds is 5. The van der Waals surface area contributed by atoms with Gasteiger partial charge in [0.05, 0.1) is 17.2 Å². The van der Waals surface area contributed by atoms with Gasteiger partial charge in [-0.2, -0.15) is 0 Å². The highest BCUT2D eigenvalue weighted by Crippen LogP contribution is 2.14. The summed E-state index contributed by atoms with van der Waals surface area (Å²) in [5.74, 6) is 0.00946. The Morgan fingerprint density at radius 1 is 1.00 bits per heavy atom. The highest BCUT2D eigenvalue weighted by Gasteiger charge is 2.18. The molecule has 1 atom stereocenters. The lowest BCUT2D eigenvalue weighted by Crippen LogP contribution is -2.27. The maximum atomic E-state index is 11.9. The maximum absolute atomic E-state index is 11.9. The maximum Gasteiger partial charge on any atom is 0.395 e. The zero-order valence-corrected chi connectivity index (χ0v) is 12.4. The number of carbonyl (C=O) groups excluding carboxylic acids is 1. The van der Waals surface area contributed by atoms with Crippen LogP contribution in [0, 0.1) is 0 Å². The van der Waals surface area contributed by atoms with Gasteiger partial charge in [0.1, 0.15) is 5.75 Å². The van der Waals surface area contributed by atoms with Gasteiger partial charge in [-0.1, -0.05) is 30.3 Å². The number of hydrogen-bond donors (Lipinski definition) is 0. The summed E-state index contributed by atoms with van der Waals surface area (Å²) in [7, 11) is 0. The lowest BCUT2D eigenvalue weighted by atomic mass is 10.3. The summed E-state index contributed by atoms with van der Waals surface area (Å²) < 4.78 is 5.44. The molecule has 0 saturated heterocycles. The van der Waals surface area contributed by atoms with E-state index in [0.717, 1.165) is 5.52 Å². The number of para-hydroxylation sites is 3. The summed E-state index contributed by atoms with van der Waals surface area (Å²) >= 11 is 0. The fourth-order valence-electron chi connectivity index (χ4n) is 1.88. The lowest BCUT2D eigenvalue weighted by Gasteiger charge is -2.12. The second-order valence-electron chi connectivity index (χ2n) is 4.76. The summed E-state index contributed by atoms with van der Waals surface area (Å²) in [6, 6.07) is 16.3. The first-order chi connectivity index (χ1) is 11.2. The van der Waals surface area contributed by atoms with Crippen LogP contribution in [0.5, 0.6) is 11.6 Å². The van der Waals surface area contributed by atoms with Gasteiger partial charge in [-0.25, -0.2) is 19.7 Å². The van der Waals surface area contributed by atoms with Gasteiger partial charge in [0.25, 0.3) is 5.88 Å². The van der Waals surface area contributed by atoms with Crippen LogP contribution in [0.4, 0.5) is 0 Å². The molecule has 1 heterocycles. The minimum absolute atomic E-state index is 0.101. The van der Waals surface area contributed by atoms with Gasteiger partial charge in [0.15, 0.2) is 6.10 Å². The van der Waals surface area contributed by atoms with Gasteiger partial charge in [-0.05, 0) is 31.2 Å². The van der Waals surface area contributed by atoms with Crippen LogP contribution in [0.1, 0.15) is 6.92 Å². The van der Waals surface area contributed by atoms with Crippen molar-refractivity contribution in [2.75, 3.05) is 0 Å². The van der Waals surface area contributed by atoms with Gasteiger partial charge >= 0.3 is 5.97 Å². The molecule has 0 saturated carbocycles. The Kier molecular flexibility index (Phi) is 4.33. The van der Waals surface area contributed by atoms with Crippen molar-refractivity contribution in [3.8, 4) is 11.6 Å². The smallest absolute Gasteiger partial charge is 0.395 e. The van der Waals surface area contributed by atoms with E-state index in [4.69, 9.17) is 14.5 Å². The first-order valence-electron chi connectivity index (χ1n) is 7.04. The summed E-state index contributed by atoms with van der Waals surface area (Å²) in [5, 5.41) is 0. The van der Waals surface area contributed by atoms with Crippen molar-refractivity contribution in [1.29, 1.82) is 0 Å². The van der Waals surface area contributed by atoms with Gasteiger partial charge in [0.2, 0.25) is 0 Å². The Balaban J connectivity index is 1.59. The Morgan fingerprint density at radius 3 is 2.48 bits per heavy atom. The van der Waals surface area contributed by atoms with E-state index in [-0.39, 0.29) is 5.88 Å². The fraction of sp³-hybridized carbons (Fsp3) is 0.118. The first-order valence-corrected chi connectivity index (χ1v) is 7.04. The molecule has 23 heavy (non-hydrogen) atoms. The molecule has 3 rings (SSSR count). The summed E-state index contributed by atoms with van der Waals surface area (Å²) in [6.07, 6.45) is 0.573. The van der Waals surface area contributed by atoms with Crippen molar-refractivity contribution < 1.29 is 19.3 Å². The summed E-state index contributed by atoms with van der Waals surface area (Å²) in [5.41, 5.74) is 1.38. The van der Waals surface area contributed by atoms with Crippen molar-refractivity contribution in [1.82, 2.24) is 9.97 Å². The standard InChI is InChI=1S/C17H14N2O4/c1-12(21-13-7-3-2-4-8-13)17(20)23-22-16-11-18-14-9-5-6-10-15(14)19-16/h2-12H,1H3. The van der Waals surface area contributed by atoms with E-state index in [9.17, 15) is 4.79 Å². The molecule has 1 unspecified atom stereocenters. The van der Waals surface area contributed by atoms with Crippen LogP contribution in [0.15, 0.2) is 60.8 Å². The van der Waals surface area contributed by atoms with Gasteiger partial charge < -0.3 is 4.74 Å². The van der Waals surface area contributed by atoms with Gasteiger partial charge in [0, 0.05) is 0 Å². The molecule has 116 valence electrons. The Morgan fingerprint density at radius 2 is 1.70 bits per heavy atom. The summed E-state index contributed by atoms with van der Waals surface area (Å²) in [6.45, 7) is 1.57. The second kappa shape index (κ2) is 6.74. The molecule has 0 aliphatic rings. The lowest BCUT2D eigenvalue weighted by molar-refractivity contribution is -0.222. The molecular formula is C17H14N2O4. The van der Waals surface area contributed by atoms with E-state index >= 15 is 0 Å². The molecule has 2 aromatic carbocycles. The molecule has 0 bridgehead atoms. The normalized spacial score (nSPS) is 11.7. The third-order valence-corrected chi connectivity index (χ3v) is 3.02. The highest BCUT2D eigenvalue weighted by molar-refractivity contribution is 5.75. The predicted octanol–water partition coefficient (Wildman–Crippen LogP) is 2.93. The molecule has 0 amide bonds. The molecule has 6 nitrogen and oxygen atoms in total. The molecule has 0 spiro atoms. The van der Waals surface area contributed by atoms with E-state index in [0.29, 0.717) is 11.3 Å². The van der Waals surface area contributed by atoms with Crippen LogP contribution in [0.25, 0.3) is 11.0 Å². The number of nitrogens with zero attached hydrogens (tertiary/aromatic N) is 2. The van der Waals surface area contributed by atoms with Crippen LogP contribution in [-0.4, -0.2) is 22.0 Å². The topological polar surface area (TPSA) is 70.5 Å². The van der Waals surface area contributed by atoms with Crippen LogP contribution < -0.4 is 9.62 Å². The Labute approximate surface area is 132 Å². The highest BCUT2D eigenvalue weighted by atomic mass is 17.2. The number of ether oxygens (including phenoxy) is 1. The minimum Gasteiger partial charge on any atom is -0.479 e. The fourth-order valence-corrected chi connectivity index (χ4v) is 1.88. The van der Waals surface area contributed by atoms with Crippen molar-refractivity contribution >= 4 is 17.0 Å². The quantitative estimate of drug-likeness (QED) is 0.533. The van der Waals surface area contributed by atoms with Crippen LogP contribution in [0.3, 0.4) is 0 Å². The molecule has 0 N–H and O–H groups in total. The molecule has 3 aromatic rings. The van der Waals surface area contributed by atoms with Gasteiger partial charge in [-0.3, -0.25) is 4.89 Å². The number of fused-ring (bicyclic) bond motifs is 1. The zero-order chi connectivity index (χ0) is 16.1. The molecule has 0 radical (unpaired) electrons. The monoisotopic (exact) mass is 310 g/mol. The van der Waals surface area contributed by atoms with E-state index in [1.165, 1.54) is 6.20 Å². The zero-order valence-electron chi connectivity index (χ0n) is 12.4. The van der Waals surface area contributed by atoms with Crippen molar-refractivity contribution in [2.24, 2.45) is 0 Å². The molecule has 0 fully saturated rings. The molecular weight excluding hydrogens is 296 g/mol. The minimum atomic E-state index is -0.814. The second-order valence-corrected chi connectivity index (χ2v) is 4.76. The number of hydrogen-bond acceptors (Lipinski definition) is 6. The van der Waals surface area contributed by atoms with Crippen molar-refractivity contribution in [3.05, 3.63) is 60.8 Å². The third kappa shape index (κ3) is 3.74. The molecule has 0 aliphatic heterocycles. The van der Waals surface area contributed by atoms with E-state index in [2.05, 4.69) is 9.97 Å². The molecule has 6 heteroatoms. The molecule has 0 aliphatic carbocycles. The first kappa shape index (κ1) is 14.8. The third-order valence-electron chi connectivity index (χ3n) is 3.02.